The van der Waals surface area contributed by atoms with E-state index in [-0.39, 0.29) is 11.9 Å². The minimum atomic E-state index is -0.984. The Morgan fingerprint density at radius 1 is 1.15 bits per heavy atom. The van der Waals surface area contributed by atoms with E-state index in [0.717, 1.165) is 5.56 Å². The highest BCUT2D eigenvalue weighted by Crippen LogP contribution is 2.36. The predicted molar refractivity (Wildman–Crippen MR) is 101 cm³/mol. The van der Waals surface area contributed by atoms with Gasteiger partial charge in [0.25, 0.3) is 5.91 Å². The van der Waals surface area contributed by atoms with E-state index < -0.39 is 5.60 Å². The molecule has 0 saturated carbocycles. The van der Waals surface area contributed by atoms with Crippen molar-refractivity contribution in [3.8, 4) is 5.75 Å². The normalized spacial score (nSPS) is 23.1. The Labute approximate surface area is 154 Å². The number of piperidine rings is 1. The van der Waals surface area contributed by atoms with Crippen molar-refractivity contribution in [3.05, 3.63) is 65.7 Å². The van der Waals surface area contributed by atoms with Crippen molar-refractivity contribution in [3.63, 3.8) is 0 Å². The minimum absolute atomic E-state index is 0.0654. The van der Waals surface area contributed by atoms with Gasteiger partial charge in [-0.15, -0.1) is 0 Å². The number of hydrogen-bond acceptors (Lipinski definition) is 4. The summed E-state index contributed by atoms with van der Waals surface area (Å²) >= 11 is 0. The third-order valence-corrected chi connectivity index (χ3v) is 5.23. The van der Waals surface area contributed by atoms with Crippen LogP contribution in [-0.4, -0.2) is 61.2 Å². The number of ether oxygens (including phenoxy) is 1. The second-order valence-electron chi connectivity index (χ2n) is 6.97. The Bertz CT molecular complexity index is 763. The molecule has 0 aromatic heterocycles. The number of nitrogens with zero attached hydrogens (tertiary/aromatic N) is 2. The van der Waals surface area contributed by atoms with Crippen molar-refractivity contribution < 1.29 is 14.6 Å². The van der Waals surface area contributed by atoms with Crippen LogP contribution in [0.15, 0.2) is 54.6 Å². The molecule has 1 amide bonds. The maximum Gasteiger partial charge on any atom is 0.257 e. The van der Waals surface area contributed by atoms with E-state index >= 15 is 0 Å². The molecule has 0 bridgehead atoms. The second-order valence-corrected chi connectivity index (χ2v) is 6.97. The fraction of sp³-hybridized carbons (Fsp3) is 0.381. The summed E-state index contributed by atoms with van der Waals surface area (Å²) in [6, 6.07) is 16.8. The zero-order valence-electron chi connectivity index (χ0n) is 15.6. The van der Waals surface area contributed by atoms with Crippen molar-refractivity contribution in [2.24, 2.45) is 0 Å². The third kappa shape index (κ3) is 3.32. The molecule has 0 radical (unpaired) electrons. The van der Waals surface area contributed by atoms with Gasteiger partial charge in [0.05, 0.1) is 18.7 Å². The molecule has 26 heavy (non-hydrogen) atoms. The van der Waals surface area contributed by atoms with Crippen LogP contribution in [0.2, 0.25) is 0 Å². The van der Waals surface area contributed by atoms with Gasteiger partial charge in [-0.05, 0) is 38.2 Å². The summed E-state index contributed by atoms with van der Waals surface area (Å²) in [5.74, 6) is 0.507. The zero-order chi connectivity index (χ0) is 18.7. The number of methoxy groups -OCH3 is 1. The molecule has 2 atom stereocenters. The van der Waals surface area contributed by atoms with Gasteiger partial charge in [-0.25, -0.2) is 0 Å². The van der Waals surface area contributed by atoms with E-state index in [1.165, 1.54) is 0 Å². The molecule has 1 heterocycles. The summed E-state index contributed by atoms with van der Waals surface area (Å²) in [5, 5.41) is 11.4. The summed E-state index contributed by atoms with van der Waals surface area (Å²) in [5.41, 5.74) is 0.461. The van der Waals surface area contributed by atoms with Crippen molar-refractivity contribution in [2.45, 2.75) is 18.1 Å². The van der Waals surface area contributed by atoms with Crippen LogP contribution in [-0.2, 0) is 5.60 Å². The van der Waals surface area contributed by atoms with Crippen molar-refractivity contribution in [1.82, 2.24) is 9.80 Å². The van der Waals surface area contributed by atoms with E-state index in [4.69, 9.17) is 4.74 Å². The first-order chi connectivity index (χ1) is 12.5. The molecule has 1 aliphatic heterocycles. The largest absolute Gasteiger partial charge is 0.496 e. The molecule has 3 rings (SSSR count). The Balaban J connectivity index is 1.87. The zero-order valence-corrected chi connectivity index (χ0v) is 15.6. The Kier molecular flexibility index (Phi) is 5.30. The van der Waals surface area contributed by atoms with Crippen molar-refractivity contribution in [2.75, 3.05) is 34.3 Å². The van der Waals surface area contributed by atoms with E-state index in [1.807, 2.05) is 61.5 Å². The van der Waals surface area contributed by atoms with Crippen LogP contribution in [0.1, 0.15) is 22.3 Å². The maximum absolute atomic E-state index is 13.0. The van der Waals surface area contributed by atoms with Crippen molar-refractivity contribution in [1.29, 1.82) is 0 Å². The van der Waals surface area contributed by atoms with Gasteiger partial charge >= 0.3 is 0 Å². The number of amides is 1. The van der Waals surface area contributed by atoms with E-state index in [9.17, 15) is 9.90 Å². The molecule has 1 unspecified atom stereocenters. The number of carbonyl (C=O) groups excluding carboxylic acids is 1. The average Bonchev–Trinajstić information content (AvgIpc) is 2.68. The van der Waals surface area contributed by atoms with Gasteiger partial charge in [0.15, 0.2) is 0 Å². The lowest BCUT2D eigenvalue weighted by Crippen LogP contribution is -2.60. The molecular formula is C21H26N2O3. The van der Waals surface area contributed by atoms with E-state index in [1.54, 1.807) is 24.1 Å². The molecule has 5 nitrogen and oxygen atoms in total. The first-order valence-electron chi connectivity index (χ1n) is 8.84. The predicted octanol–water partition coefficient (Wildman–Crippen LogP) is 2.36. The Morgan fingerprint density at radius 3 is 2.46 bits per heavy atom. The molecule has 2 aromatic rings. The molecule has 1 saturated heterocycles. The lowest BCUT2D eigenvalue weighted by molar-refractivity contribution is -0.0810. The van der Waals surface area contributed by atoms with Gasteiger partial charge in [0.1, 0.15) is 11.4 Å². The number of carbonyl (C=O) groups is 1. The van der Waals surface area contributed by atoms with Crippen molar-refractivity contribution >= 4 is 5.91 Å². The van der Waals surface area contributed by atoms with Gasteiger partial charge in [-0.3, -0.25) is 4.79 Å². The SMILES string of the molecule is COc1ccccc1C(=O)N1CCC(O)(c2ccccc2)[C@H](N(C)C)C1. The first-order valence-corrected chi connectivity index (χ1v) is 8.84. The number of likely N-dealkylation sites (N-methyl/N-ethyl adjacent to an activating group) is 1. The molecule has 1 aliphatic rings. The molecule has 1 N–H and O–H groups in total. The van der Waals surface area contributed by atoms with Gasteiger partial charge < -0.3 is 19.6 Å². The molecule has 0 aliphatic carbocycles. The fourth-order valence-electron chi connectivity index (χ4n) is 3.75. The first kappa shape index (κ1) is 18.4. The molecule has 5 heteroatoms. The Morgan fingerprint density at radius 2 is 1.81 bits per heavy atom. The van der Waals surface area contributed by atoms with Crippen LogP contribution < -0.4 is 4.74 Å². The van der Waals surface area contributed by atoms with Crippen LogP contribution in [0.3, 0.4) is 0 Å². The second kappa shape index (κ2) is 7.48. The molecular weight excluding hydrogens is 328 g/mol. The standard InChI is InChI=1S/C21H26N2O3/c1-22(2)19-15-23(20(24)17-11-7-8-12-18(17)26-3)14-13-21(19,25)16-9-5-4-6-10-16/h4-12,19,25H,13-15H2,1-3H3/t19-,21?/m1/s1. The number of benzene rings is 2. The molecule has 1 fully saturated rings. The third-order valence-electron chi connectivity index (χ3n) is 5.23. The van der Waals surface area contributed by atoms with Gasteiger partial charge in [-0.2, -0.15) is 0 Å². The molecule has 0 spiro atoms. The van der Waals surface area contributed by atoms with Gasteiger partial charge in [0, 0.05) is 13.1 Å². The Hall–Kier alpha value is -2.37. The maximum atomic E-state index is 13.0. The molecule has 2 aromatic carbocycles. The number of rotatable bonds is 4. The fourth-order valence-corrected chi connectivity index (χ4v) is 3.75. The number of hydrogen-bond donors (Lipinski definition) is 1. The number of para-hydroxylation sites is 1. The van der Waals surface area contributed by atoms with Crippen LogP contribution in [0, 0.1) is 0 Å². The van der Waals surface area contributed by atoms with E-state index in [2.05, 4.69) is 0 Å². The highest BCUT2D eigenvalue weighted by molar-refractivity contribution is 5.97. The number of likely N-dealkylation sites (tertiary alicyclic amines) is 1. The summed E-state index contributed by atoms with van der Waals surface area (Å²) in [4.78, 5) is 16.8. The highest BCUT2D eigenvalue weighted by Gasteiger charge is 2.45. The average molecular weight is 354 g/mol. The summed E-state index contributed by atoms with van der Waals surface area (Å²) in [6.45, 7) is 0.946. The quantitative estimate of drug-likeness (QED) is 0.916. The minimum Gasteiger partial charge on any atom is -0.496 e. The van der Waals surface area contributed by atoms with Crippen LogP contribution in [0.5, 0.6) is 5.75 Å². The topological polar surface area (TPSA) is 53.0 Å². The van der Waals surface area contributed by atoms with Gasteiger partial charge in [0.2, 0.25) is 0 Å². The summed E-state index contributed by atoms with van der Waals surface area (Å²) in [7, 11) is 5.45. The summed E-state index contributed by atoms with van der Waals surface area (Å²) in [6.07, 6.45) is 0.487. The smallest absolute Gasteiger partial charge is 0.257 e. The monoisotopic (exact) mass is 354 g/mol. The van der Waals surface area contributed by atoms with E-state index in [0.29, 0.717) is 30.8 Å². The van der Waals surface area contributed by atoms with Crippen LogP contribution >= 0.6 is 0 Å². The number of aliphatic hydroxyl groups is 1. The lowest BCUT2D eigenvalue weighted by atomic mass is 9.79. The van der Waals surface area contributed by atoms with Crippen LogP contribution in [0.25, 0.3) is 0 Å². The molecule has 138 valence electrons. The van der Waals surface area contributed by atoms with Gasteiger partial charge in [-0.1, -0.05) is 42.5 Å². The summed E-state index contributed by atoms with van der Waals surface area (Å²) < 4.78 is 5.33. The highest BCUT2D eigenvalue weighted by atomic mass is 16.5. The lowest BCUT2D eigenvalue weighted by Gasteiger charge is -2.47. The van der Waals surface area contributed by atoms with Crippen LogP contribution in [0.4, 0.5) is 0 Å².